The van der Waals surface area contributed by atoms with E-state index >= 15 is 0 Å². The molecule has 0 N–H and O–H groups in total. The Morgan fingerprint density at radius 1 is 0.867 bits per heavy atom. The van der Waals surface area contributed by atoms with E-state index in [4.69, 9.17) is 0 Å². The normalized spacial score (nSPS) is 11.2. The molecule has 0 saturated carbocycles. The van der Waals surface area contributed by atoms with Crippen LogP contribution in [0, 0.1) is 36.1 Å². The number of rotatable bonds is 2. The summed E-state index contributed by atoms with van der Waals surface area (Å²) in [5, 5.41) is 0. The SMILES string of the molecule is Cc1c(F)c(F)c(F)c(CC(C)C)c1F. The Bertz CT molecular complexity index is 354. The summed E-state index contributed by atoms with van der Waals surface area (Å²) < 4.78 is 52.5. The number of benzene rings is 1. The van der Waals surface area contributed by atoms with E-state index in [1.54, 1.807) is 13.8 Å². The van der Waals surface area contributed by atoms with Crippen LogP contribution >= 0.6 is 0 Å². The molecule has 1 rings (SSSR count). The van der Waals surface area contributed by atoms with Gasteiger partial charge in [-0.2, -0.15) is 0 Å². The second kappa shape index (κ2) is 4.21. The van der Waals surface area contributed by atoms with Crippen LogP contribution < -0.4 is 0 Å². The number of halogens is 4. The van der Waals surface area contributed by atoms with Crippen molar-refractivity contribution in [3.63, 3.8) is 0 Å². The maximum absolute atomic E-state index is 13.4. The summed E-state index contributed by atoms with van der Waals surface area (Å²) >= 11 is 0. The molecule has 0 atom stereocenters. The maximum atomic E-state index is 13.4. The highest BCUT2D eigenvalue weighted by Crippen LogP contribution is 2.25. The molecule has 0 aliphatic heterocycles. The summed E-state index contributed by atoms with van der Waals surface area (Å²) in [7, 11) is 0. The van der Waals surface area contributed by atoms with Gasteiger partial charge in [-0.05, 0) is 19.3 Å². The van der Waals surface area contributed by atoms with E-state index < -0.39 is 28.8 Å². The highest BCUT2D eigenvalue weighted by atomic mass is 19.2. The zero-order chi connectivity index (χ0) is 11.7. The second-order valence-electron chi connectivity index (χ2n) is 3.96. The van der Waals surface area contributed by atoms with Gasteiger partial charge < -0.3 is 0 Å². The average molecular weight is 220 g/mol. The fourth-order valence-corrected chi connectivity index (χ4v) is 1.40. The largest absolute Gasteiger partial charge is 0.206 e. The molecule has 0 aliphatic carbocycles. The van der Waals surface area contributed by atoms with Gasteiger partial charge in [0.05, 0.1) is 0 Å². The minimum atomic E-state index is -1.59. The van der Waals surface area contributed by atoms with Gasteiger partial charge in [-0.25, -0.2) is 17.6 Å². The highest BCUT2D eigenvalue weighted by Gasteiger charge is 2.22. The van der Waals surface area contributed by atoms with Crippen LogP contribution in [0.15, 0.2) is 0 Å². The molecule has 0 amide bonds. The molecule has 0 fully saturated rings. The predicted molar refractivity (Wildman–Crippen MR) is 49.6 cm³/mol. The quantitative estimate of drug-likeness (QED) is 0.404. The molecule has 0 radical (unpaired) electrons. The van der Waals surface area contributed by atoms with Crippen molar-refractivity contribution >= 4 is 0 Å². The van der Waals surface area contributed by atoms with Crippen LogP contribution in [0.1, 0.15) is 25.0 Å². The van der Waals surface area contributed by atoms with E-state index in [9.17, 15) is 17.6 Å². The third-order valence-electron chi connectivity index (χ3n) is 2.19. The van der Waals surface area contributed by atoms with E-state index in [0.717, 1.165) is 6.92 Å². The molecule has 0 aromatic heterocycles. The van der Waals surface area contributed by atoms with E-state index in [1.165, 1.54) is 0 Å². The maximum Gasteiger partial charge on any atom is 0.195 e. The van der Waals surface area contributed by atoms with Crippen molar-refractivity contribution in [2.75, 3.05) is 0 Å². The zero-order valence-electron chi connectivity index (χ0n) is 8.80. The molecule has 1 aromatic carbocycles. The Morgan fingerprint density at radius 3 is 1.87 bits per heavy atom. The van der Waals surface area contributed by atoms with Crippen molar-refractivity contribution in [2.45, 2.75) is 27.2 Å². The third kappa shape index (κ3) is 2.13. The lowest BCUT2D eigenvalue weighted by Crippen LogP contribution is -2.08. The molecule has 0 bridgehead atoms. The monoisotopic (exact) mass is 220 g/mol. The molecular weight excluding hydrogens is 208 g/mol. The molecule has 0 nitrogen and oxygen atoms in total. The van der Waals surface area contributed by atoms with E-state index in [2.05, 4.69) is 0 Å². The molecule has 1 aromatic rings. The van der Waals surface area contributed by atoms with Gasteiger partial charge in [0.15, 0.2) is 17.5 Å². The molecule has 0 saturated heterocycles. The Kier molecular flexibility index (Phi) is 3.37. The van der Waals surface area contributed by atoms with Crippen LogP contribution in [0.4, 0.5) is 17.6 Å². The summed E-state index contributed by atoms with van der Waals surface area (Å²) in [5.41, 5.74) is -0.842. The van der Waals surface area contributed by atoms with Gasteiger partial charge >= 0.3 is 0 Å². The Morgan fingerprint density at radius 2 is 1.40 bits per heavy atom. The smallest absolute Gasteiger partial charge is 0.195 e. The van der Waals surface area contributed by atoms with E-state index in [0.29, 0.717) is 0 Å². The average Bonchev–Trinajstić information content (AvgIpc) is 2.18. The summed E-state index contributed by atoms with van der Waals surface area (Å²) in [6, 6.07) is 0. The van der Waals surface area contributed by atoms with Crippen molar-refractivity contribution in [3.05, 3.63) is 34.4 Å². The molecule has 84 valence electrons. The fourth-order valence-electron chi connectivity index (χ4n) is 1.40. The van der Waals surface area contributed by atoms with Gasteiger partial charge in [0.2, 0.25) is 0 Å². The minimum absolute atomic E-state index is 0.0294. The van der Waals surface area contributed by atoms with Gasteiger partial charge in [0.1, 0.15) is 5.82 Å². The summed E-state index contributed by atoms with van der Waals surface area (Å²) in [4.78, 5) is 0. The first-order chi connectivity index (χ1) is 6.86. The van der Waals surface area contributed by atoms with Crippen molar-refractivity contribution < 1.29 is 17.6 Å². The fraction of sp³-hybridized carbons (Fsp3) is 0.455. The Hall–Kier alpha value is -1.06. The van der Waals surface area contributed by atoms with Crippen molar-refractivity contribution in [3.8, 4) is 0 Å². The Labute approximate surface area is 85.9 Å². The minimum Gasteiger partial charge on any atom is -0.206 e. The molecule has 15 heavy (non-hydrogen) atoms. The second-order valence-corrected chi connectivity index (χ2v) is 3.96. The van der Waals surface area contributed by atoms with Crippen LogP contribution in [0.2, 0.25) is 0 Å². The van der Waals surface area contributed by atoms with E-state index in [1.807, 2.05) is 0 Å². The first-order valence-electron chi connectivity index (χ1n) is 4.67. The molecule has 4 heteroatoms. The van der Waals surface area contributed by atoms with Crippen LogP contribution in [-0.4, -0.2) is 0 Å². The van der Waals surface area contributed by atoms with Gasteiger partial charge in [0, 0.05) is 11.1 Å². The van der Waals surface area contributed by atoms with Crippen molar-refractivity contribution in [1.29, 1.82) is 0 Å². The Balaban J connectivity index is 3.39. The van der Waals surface area contributed by atoms with Crippen LogP contribution in [0.3, 0.4) is 0 Å². The van der Waals surface area contributed by atoms with E-state index in [-0.39, 0.29) is 17.9 Å². The summed E-state index contributed by atoms with van der Waals surface area (Å²) in [6.45, 7) is 4.59. The van der Waals surface area contributed by atoms with Crippen molar-refractivity contribution in [2.24, 2.45) is 5.92 Å². The first kappa shape index (κ1) is 12.0. The van der Waals surface area contributed by atoms with Gasteiger partial charge in [0.25, 0.3) is 0 Å². The standard InChI is InChI=1S/C11H12F4/c1-5(2)4-7-8(12)6(3)9(13)11(15)10(7)14/h5H,4H2,1-3H3. The molecule has 0 heterocycles. The third-order valence-corrected chi connectivity index (χ3v) is 2.19. The highest BCUT2D eigenvalue weighted by molar-refractivity contribution is 5.29. The lowest BCUT2D eigenvalue weighted by molar-refractivity contribution is 0.413. The lowest BCUT2D eigenvalue weighted by atomic mass is 9.99. The summed E-state index contributed by atoms with van der Waals surface area (Å²) in [6.07, 6.45) is 0.0513. The van der Waals surface area contributed by atoms with Gasteiger partial charge in [-0.3, -0.25) is 0 Å². The number of hydrogen-bond acceptors (Lipinski definition) is 0. The lowest BCUT2D eigenvalue weighted by Gasteiger charge is -2.11. The van der Waals surface area contributed by atoms with Crippen LogP contribution in [0.25, 0.3) is 0 Å². The molecule has 0 unspecified atom stereocenters. The van der Waals surface area contributed by atoms with Gasteiger partial charge in [-0.15, -0.1) is 0 Å². The molecule has 0 aliphatic rings. The first-order valence-corrected chi connectivity index (χ1v) is 4.67. The molecular formula is C11H12F4. The van der Waals surface area contributed by atoms with Crippen LogP contribution in [0.5, 0.6) is 0 Å². The topological polar surface area (TPSA) is 0 Å². The van der Waals surface area contributed by atoms with Gasteiger partial charge in [-0.1, -0.05) is 13.8 Å². The van der Waals surface area contributed by atoms with Crippen LogP contribution in [-0.2, 0) is 6.42 Å². The summed E-state index contributed by atoms with van der Waals surface area (Å²) in [5.74, 6) is -5.47. The number of hydrogen-bond donors (Lipinski definition) is 0. The predicted octanol–water partition coefficient (Wildman–Crippen LogP) is 3.75. The van der Waals surface area contributed by atoms with Crippen molar-refractivity contribution in [1.82, 2.24) is 0 Å². The molecule has 0 spiro atoms. The zero-order valence-corrected chi connectivity index (χ0v) is 8.80.